The summed E-state index contributed by atoms with van der Waals surface area (Å²) >= 11 is 1.18. The Morgan fingerprint density at radius 3 is 2.55 bits per heavy atom. The number of rotatable bonds is 5. The molecule has 0 atom stereocenters. The van der Waals surface area contributed by atoms with E-state index in [1.165, 1.54) is 18.3 Å². The van der Waals surface area contributed by atoms with Crippen molar-refractivity contribution >= 4 is 39.7 Å². The van der Waals surface area contributed by atoms with Crippen molar-refractivity contribution in [3.8, 4) is 0 Å². The van der Waals surface area contributed by atoms with E-state index in [-0.39, 0.29) is 34.6 Å². The van der Waals surface area contributed by atoms with Crippen LogP contribution in [0.25, 0.3) is 0 Å². The van der Waals surface area contributed by atoms with E-state index in [1.54, 1.807) is 12.1 Å². The van der Waals surface area contributed by atoms with Crippen LogP contribution in [0, 0.1) is 0 Å². The van der Waals surface area contributed by atoms with Gasteiger partial charge in [0.1, 0.15) is 4.21 Å². The molecule has 0 radical (unpaired) electrons. The third kappa shape index (κ3) is 5.51. The largest absolute Gasteiger partial charge is 0.351 e. The molecule has 4 N–H and O–H groups in total. The molecule has 2 rings (SSSR count). The van der Waals surface area contributed by atoms with Crippen molar-refractivity contribution in [2.24, 2.45) is 5.73 Å². The van der Waals surface area contributed by atoms with E-state index in [2.05, 4.69) is 10.0 Å². The Hall–Kier alpha value is -0.670. The van der Waals surface area contributed by atoms with Crippen molar-refractivity contribution in [3.63, 3.8) is 0 Å². The minimum Gasteiger partial charge on any atom is -0.351 e. The molecule has 0 bridgehead atoms. The Morgan fingerprint density at radius 1 is 1.32 bits per heavy atom. The third-order valence-electron chi connectivity index (χ3n) is 3.51. The van der Waals surface area contributed by atoms with Crippen molar-refractivity contribution < 1.29 is 13.2 Å². The molecular weight excluding hydrogens is 346 g/mol. The first kappa shape index (κ1) is 19.4. The third-order valence-corrected chi connectivity index (χ3v) is 6.60. The molecule has 6 nitrogen and oxygen atoms in total. The van der Waals surface area contributed by atoms with Crippen molar-refractivity contribution in [1.29, 1.82) is 0 Å². The maximum Gasteiger partial charge on any atom is 0.250 e. The molecule has 0 saturated heterocycles. The zero-order valence-electron chi connectivity index (χ0n) is 12.4. The van der Waals surface area contributed by atoms with Gasteiger partial charge in [0.25, 0.3) is 0 Å². The fourth-order valence-corrected chi connectivity index (χ4v) is 4.94. The van der Waals surface area contributed by atoms with Gasteiger partial charge in [0.15, 0.2) is 0 Å². The van der Waals surface area contributed by atoms with Gasteiger partial charge in [0, 0.05) is 23.9 Å². The maximum absolute atomic E-state index is 12.3. The summed E-state index contributed by atoms with van der Waals surface area (Å²) < 4.78 is 27.7. The molecule has 1 aliphatic rings. The number of carbonyl (C=O) groups excluding carboxylic acids is 1. The summed E-state index contributed by atoms with van der Waals surface area (Å²) in [6.45, 7) is 1.79. The van der Waals surface area contributed by atoms with Gasteiger partial charge in [0.05, 0.1) is 6.54 Å². The smallest absolute Gasteiger partial charge is 0.250 e. The zero-order chi connectivity index (χ0) is 15.5. The summed E-state index contributed by atoms with van der Waals surface area (Å²) in [7, 11) is -3.48. The Kier molecular flexibility index (Phi) is 7.27. The number of thiophene rings is 1. The van der Waals surface area contributed by atoms with E-state index in [9.17, 15) is 13.2 Å². The molecule has 1 aliphatic carbocycles. The van der Waals surface area contributed by atoms with Crippen LogP contribution in [0.15, 0.2) is 16.3 Å². The second kappa shape index (κ2) is 8.26. The van der Waals surface area contributed by atoms with Crippen LogP contribution in [0.5, 0.6) is 0 Å². The number of sulfonamides is 1. The lowest BCUT2D eigenvalue weighted by molar-refractivity contribution is -0.119. The molecule has 0 unspecified atom stereocenters. The Morgan fingerprint density at radius 2 is 1.95 bits per heavy atom. The van der Waals surface area contributed by atoms with Gasteiger partial charge < -0.3 is 11.1 Å². The fraction of sp³-hybridized carbons (Fsp3) is 0.615. The number of nitrogens with two attached hydrogens (primary N) is 1. The first-order chi connectivity index (χ1) is 9.87. The molecule has 0 aliphatic heterocycles. The normalized spacial score (nSPS) is 21.9. The number of amides is 1. The molecule has 0 aromatic carbocycles. The van der Waals surface area contributed by atoms with Gasteiger partial charge >= 0.3 is 0 Å². The molecule has 126 valence electrons. The molecule has 1 saturated carbocycles. The lowest BCUT2D eigenvalue weighted by Crippen LogP contribution is -2.40. The van der Waals surface area contributed by atoms with Crippen molar-refractivity contribution in [2.75, 3.05) is 0 Å². The topological polar surface area (TPSA) is 101 Å². The van der Waals surface area contributed by atoms with Crippen LogP contribution in [-0.4, -0.2) is 26.4 Å². The second-order valence-electron chi connectivity index (χ2n) is 5.36. The quantitative estimate of drug-likeness (QED) is 0.731. The molecule has 1 fully saturated rings. The van der Waals surface area contributed by atoms with Crippen LogP contribution >= 0.6 is 23.7 Å². The minimum atomic E-state index is -3.48. The van der Waals surface area contributed by atoms with Gasteiger partial charge in [-0.1, -0.05) is 0 Å². The second-order valence-corrected chi connectivity index (χ2v) is 8.47. The van der Waals surface area contributed by atoms with Crippen LogP contribution in [-0.2, 0) is 21.4 Å². The average Bonchev–Trinajstić information content (AvgIpc) is 2.88. The summed E-state index contributed by atoms with van der Waals surface area (Å²) in [5, 5.41) is 2.66. The van der Waals surface area contributed by atoms with Crippen LogP contribution in [0.4, 0.5) is 0 Å². The Bertz CT molecular complexity index is 595. The SMILES string of the molecule is CC(=O)NCc1ccc(S(=O)(=O)NC2CCC(N)CC2)s1.Cl. The van der Waals surface area contributed by atoms with Gasteiger partial charge in [-0.05, 0) is 37.8 Å². The lowest BCUT2D eigenvalue weighted by atomic mass is 9.93. The lowest BCUT2D eigenvalue weighted by Gasteiger charge is -2.26. The van der Waals surface area contributed by atoms with E-state index >= 15 is 0 Å². The highest BCUT2D eigenvalue weighted by atomic mass is 35.5. The molecule has 0 spiro atoms. The number of hydrogen-bond donors (Lipinski definition) is 3. The van der Waals surface area contributed by atoms with E-state index in [1.807, 2.05) is 0 Å². The first-order valence-electron chi connectivity index (χ1n) is 6.98. The van der Waals surface area contributed by atoms with Crippen molar-refractivity contribution in [2.45, 2.75) is 55.4 Å². The van der Waals surface area contributed by atoms with Gasteiger partial charge in [-0.25, -0.2) is 13.1 Å². The summed E-state index contributed by atoms with van der Waals surface area (Å²) in [6, 6.07) is 3.47. The number of nitrogens with one attached hydrogen (secondary N) is 2. The predicted molar refractivity (Wildman–Crippen MR) is 89.6 cm³/mol. The summed E-state index contributed by atoms with van der Waals surface area (Å²) in [5.41, 5.74) is 5.82. The number of hydrogen-bond acceptors (Lipinski definition) is 5. The molecular formula is C13H22ClN3O3S2. The number of carbonyl (C=O) groups is 1. The van der Waals surface area contributed by atoms with Crippen LogP contribution < -0.4 is 15.8 Å². The molecule has 1 aromatic rings. The Balaban J connectivity index is 0.00000242. The molecule has 1 aromatic heterocycles. The van der Waals surface area contributed by atoms with Gasteiger partial charge in [-0.15, -0.1) is 23.7 Å². The molecule has 9 heteroatoms. The van der Waals surface area contributed by atoms with Crippen LogP contribution in [0.1, 0.15) is 37.5 Å². The van der Waals surface area contributed by atoms with Gasteiger partial charge in [-0.2, -0.15) is 0 Å². The first-order valence-corrected chi connectivity index (χ1v) is 9.28. The molecule has 1 amide bonds. The van der Waals surface area contributed by atoms with Crippen molar-refractivity contribution in [1.82, 2.24) is 10.0 Å². The monoisotopic (exact) mass is 367 g/mol. The van der Waals surface area contributed by atoms with Gasteiger partial charge in [-0.3, -0.25) is 4.79 Å². The van der Waals surface area contributed by atoms with Crippen LogP contribution in [0.3, 0.4) is 0 Å². The van der Waals surface area contributed by atoms with Gasteiger partial charge in [0.2, 0.25) is 15.9 Å². The van der Waals surface area contributed by atoms with E-state index in [0.29, 0.717) is 6.54 Å². The minimum absolute atomic E-state index is 0. The van der Waals surface area contributed by atoms with Crippen LogP contribution in [0.2, 0.25) is 0 Å². The standard InChI is InChI=1S/C13H21N3O3S2.ClH/c1-9(17)15-8-12-6-7-13(20-12)21(18,19)16-11-4-2-10(14)3-5-11;/h6-7,10-11,16H,2-5,8,14H2,1H3,(H,15,17);1H. The fourth-order valence-electron chi connectivity index (χ4n) is 2.32. The summed E-state index contributed by atoms with van der Waals surface area (Å²) in [5.74, 6) is -0.135. The highest BCUT2D eigenvalue weighted by Crippen LogP contribution is 2.24. The maximum atomic E-state index is 12.3. The molecule has 1 heterocycles. The zero-order valence-corrected chi connectivity index (χ0v) is 14.8. The van der Waals surface area contributed by atoms with E-state index in [0.717, 1.165) is 30.6 Å². The predicted octanol–water partition coefficient (Wildman–Crippen LogP) is 1.35. The van der Waals surface area contributed by atoms with E-state index < -0.39 is 10.0 Å². The summed E-state index contributed by atoms with van der Waals surface area (Å²) in [4.78, 5) is 11.7. The highest BCUT2D eigenvalue weighted by molar-refractivity contribution is 7.91. The van der Waals surface area contributed by atoms with E-state index in [4.69, 9.17) is 5.73 Å². The summed E-state index contributed by atoms with van der Waals surface area (Å²) in [6.07, 6.45) is 3.27. The molecule has 22 heavy (non-hydrogen) atoms. The highest BCUT2D eigenvalue weighted by Gasteiger charge is 2.25. The number of halogens is 1. The average molecular weight is 368 g/mol. The Labute approximate surface area is 141 Å². The van der Waals surface area contributed by atoms with Crippen molar-refractivity contribution in [3.05, 3.63) is 17.0 Å².